The van der Waals surface area contributed by atoms with E-state index < -0.39 is 18.1 Å². The molecular formula is C8H16N2O2. The number of hydrogen-bond acceptors (Lipinski definition) is 3. The van der Waals surface area contributed by atoms with E-state index >= 15 is 0 Å². The summed E-state index contributed by atoms with van der Waals surface area (Å²) in [5.74, 6) is -0.129. The number of aliphatic hydroxyl groups excluding tert-OH is 1. The summed E-state index contributed by atoms with van der Waals surface area (Å²) in [4.78, 5) is 10.5. The average Bonchev–Trinajstić information content (AvgIpc) is 1.94. The minimum atomic E-state index is -1.18. The Morgan fingerprint density at radius 2 is 2.17 bits per heavy atom. The highest BCUT2D eigenvalue weighted by atomic mass is 16.3. The normalized spacial score (nSPS) is 22.8. The van der Waals surface area contributed by atoms with Gasteiger partial charge >= 0.3 is 0 Å². The number of primary amides is 1. The van der Waals surface area contributed by atoms with Crippen LogP contribution in [0.25, 0.3) is 0 Å². The summed E-state index contributed by atoms with van der Waals surface area (Å²) in [5, 5.41) is 9.16. The summed E-state index contributed by atoms with van der Waals surface area (Å²) in [6, 6.07) is -0.479. The van der Waals surface area contributed by atoms with E-state index in [0.29, 0.717) is 12.3 Å². The molecule has 0 radical (unpaired) electrons. The number of nitrogens with two attached hydrogens (primary N) is 2. The highest BCUT2D eigenvalue weighted by molar-refractivity contribution is 5.79. The zero-order valence-corrected chi connectivity index (χ0v) is 7.07. The molecule has 1 amide bonds. The van der Waals surface area contributed by atoms with E-state index in [4.69, 9.17) is 16.6 Å². The molecule has 1 aliphatic rings. The topological polar surface area (TPSA) is 89.3 Å². The first-order valence-electron chi connectivity index (χ1n) is 4.34. The van der Waals surface area contributed by atoms with Gasteiger partial charge in [-0.15, -0.1) is 0 Å². The fraction of sp³-hybridized carbons (Fsp3) is 0.875. The molecule has 0 saturated heterocycles. The van der Waals surface area contributed by atoms with Crippen LogP contribution in [-0.4, -0.2) is 23.2 Å². The van der Waals surface area contributed by atoms with Crippen LogP contribution < -0.4 is 11.5 Å². The molecule has 2 atom stereocenters. The number of hydrogen-bond donors (Lipinski definition) is 3. The van der Waals surface area contributed by atoms with E-state index in [1.807, 2.05) is 0 Å². The van der Waals surface area contributed by atoms with Crippen molar-refractivity contribution in [1.82, 2.24) is 0 Å². The Balaban J connectivity index is 2.25. The minimum absolute atomic E-state index is 0.479. The van der Waals surface area contributed by atoms with Crippen molar-refractivity contribution >= 4 is 5.91 Å². The average molecular weight is 172 g/mol. The van der Waals surface area contributed by atoms with Crippen LogP contribution in [0.2, 0.25) is 0 Å². The van der Waals surface area contributed by atoms with Gasteiger partial charge < -0.3 is 16.6 Å². The number of amides is 1. The molecular weight excluding hydrogens is 156 g/mol. The van der Waals surface area contributed by atoms with Crippen molar-refractivity contribution in [2.75, 3.05) is 0 Å². The van der Waals surface area contributed by atoms with Crippen molar-refractivity contribution in [3.8, 4) is 0 Å². The molecule has 12 heavy (non-hydrogen) atoms. The van der Waals surface area contributed by atoms with Crippen LogP contribution in [-0.2, 0) is 4.79 Å². The molecule has 0 unspecified atom stereocenters. The van der Waals surface area contributed by atoms with Crippen molar-refractivity contribution in [3.63, 3.8) is 0 Å². The maximum absolute atomic E-state index is 10.5. The molecule has 1 rings (SSSR count). The van der Waals surface area contributed by atoms with E-state index in [2.05, 4.69) is 0 Å². The third kappa shape index (κ3) is 2.19. The smallest absolute Gasteiger partial charge is 0.247 e. The second-order valence-electron chi connectivity index (χ2n) is 3.54. The molecule has 1 fully saturated rings. The molecule has 1 saturated carbocycles. The van der Waals surface area contributed by atoms with Crippen molar-refractivity contribution in [3.05, 3.63) is 0 Å². The zero-order chi connectivity index (χ0) is 9.14. The standard InChI is InChI=1S/C8H16N2O2/c9-6(7(11)8(10)12)4-5-2-1-3-5/h5-7,11H,1-4,9H2,(H2,10,12)/t6-,7-/m1/s1. The van der Waals surface area contributed by atoms with E-state index in [0.717, 1.165) is 0 Å². The largest absolute Gasteiger partial charge is 0.382 e. The Morgan fingerprint density at radius 3 is 2.50 bits per heavy atom. The SMILES string of the molecule is NC(=O)[C@H](O)[C@H](N)CC1CCC1. The maximum Gasteiger partial charge on any atom is 0.247 e. The molecule has 0 heterocycles. The minimum Gasteiger partial charge on any atom is -0.382 e. The first-order valence-corrected chi connectivity index (χ1v) is 4.34. The molecule has 4 heteroatoms. The monoisotopic (exact) mass is 172 g/mol. The lowest BCUT2D eigenvalue weighted by atomic mass is 9.80. The summed E-state index contributed by atoms with van der Waals surface area (Å²) in [6.07, 6.45) is 3.11. The summed E-state index contributed by atoms with van der Waals surface area (Å²) in [6.45, 7) is 0. The summed E-state index contributed by atoms with van der Waals surface area (Å²) in [7, 11) is 0. The Morgan fingerprint density at radius 1 is 1.58 bits per heavy atom. The molecule has 0 bridgehead atoms. The first-order chi connectivity index (χ1) is 5.61. The summed E-state index contributed by atoms with van der Waals surface area (Å²) < 4.78 is 0. The Hall–Kier alpha value is -0.610. The van der Waals surface area contributed by atoms with E-state index in [9.17, 15) is 4.79 Å². The van der Waals surface area contributed by atoms with Gasteiger partial charge in [-0.1, -0.05) is 19.3 Å². The molecule has 0 aliphatic heterocycles. The van der Waals surface area contributed by atoms with Gasteiger partial charge in [0.15, 0.2) is 0 Å². The second kappa shape index (κ2) is 3.87. The van der Waals surface area contributed by atoms with Gasteiger partial charge in [0.05, 0.1) is 0 Å². The van der Waals surface area contributed by atoms with Gasteiger partial charge in [-0.3, -0.25) is 4.79 Å². The first kappa shape index (κ1) is 9.48. The molecule has 0 aromatic heterocycles. The predicted molar refractivity (Wildman–Crippen MR) is 45.1 cm³/mol. The van der Waals surface area contributed by atoms with Gasteiger partial charge in [-0.25, -0.2) is 0 Å². The lowest BCUT2D eigenvalue weighted by Crippen LogP contribution is -2.45. The number of carbonyl (C=O) groups is 1. The van der Waals surface area contributed by atoms with Crippen LogP contribution in [0, 0.1) is 5.92 Å². The summed E-state index contributed by atoms with van der Waals surface area (Å²) >= 11 is 0. The van der Waals surface area contributed by atoms with Gasteiger partial charge in [0.2, 0.25) is 5.91 Å². The maximum atomic E-state index is 10.5. The highest BCUT2D eigenvalue weighted by Gasteiger charge is 2.26. The summed E-state index contributed by atoms with van der Waals surface area (Å²) in [5.41, 5.74) is 10.5. The lowest BCUT2D eigenvalue weighted by molar-refractivity contribution is -0.127. The number of rotatable bonds is 4. The van der Waals surface area contributed by atoms with Crippen LogP contribution in [0.3, 0.4) is 0 Å². The fourth-order valence-electron chi connectivity index (χ4n) is 1.45. The molecule has 70 valence electrons. The molecule has 0 aromatic carbocycles. The van der Waals surface area contributed by atoms with Gasteiger partial charge in [0.25, 0.3) is 0 Å². The number of aliphatic hydroxyl groups is 1. The van der Waals surface area contributed by atoms with Crippen LogP contribution in [0.5, 0.6) is 0 Å². The molecule has 0 aromatic rings. The zero-order valence-electron chi connectivity index (χ0n) is 7.07. The molecule has 5 N–H and O–H groups in total. The third-order valence-corrected chi connectivity index (χ3v) is 2.53. The van der Waals surface area contributed by atoms with Gasteiger partial charge in [-0.2, -0.15) is 0 Å². The predicted octanol–water partition coefficient (Wildman–Crippen LogP) is -0.650. The van der Waals surface area contributed by atoms with Crippen molar-refractivity contribution in [2.24, 2.45) is 17.4 Å². The lowest BCUT2D eigenvalue weighted by Gasteiger charge is -2.29. The van der Waals surface area contributed by atoms with Crippen molar-refractivity contribution < 1.29 is 9.90 Å². The Bertz CT molecular complexity index is 168. The van der Waals surface area contributed by atoms with Gasteiger partial charge in [-0.05, 0) is 12.3 Å². The molecule has 4 nitrogen and oxygen atoms in total. The van der Waals surface area contributed by atoms with E-state index in [-0.39, 0.29) is 0 Å². The quantitative estimate of drug-likeness (QED) is 0.526. The third-order valence-electron chi connectivity index (χ3n) is 2.53. The number of carbonyl (C=O) groups excluding carboxylic acids is 1. The Labute approximate surface area is 71.9 Å². The molecule has 1 aliphatic carbocycles. The van der Waals surface area contributed by atoms with Gasteiger partial charge in [0.1, 0.15) is 6.10 Å². The van der Waals surface area contributed by atoms with Crippen LogP contribution in [0.1, 0.15) is 25.7 Å². The van der Waals surface area contributed by atoms with Crippen molar-refractivity contribution in [2.45, 2.75) is 37.8 Å². The van der Waals surface area contributed by atoms with Gasteiger partial charge in [0, 0.05) is 6.04 Å². The highest BCUT2D eigenvalue weighted by Crippen LogP contribution is 2.30. The van der Waals surface area contributed by atoms with Crippen LogP contribution >= 0.6 is 0 Å². The van der Waals surface area contributed by atoms with E-state index in [1.165, 1.54) is 19.3 Å². The fourth-order valence-corrected chi connectivity index (χ4v) is 1.45. The molecule has 0 spiro atoms. The second-order valence-corrected chi connectivity index (χ2v) is 3.54. The van der Waals surface area contributed by atoms with Crippen molar-refractivity contribution in [1.29, 1.82) is 0 Å². The Kier molecular flexibility index (Phi) is 3.05. The van der Waals surface area contributed by atoms with Crippen LogP contribution in [0.4, 0.5) is 0 Å². The van der Waals surface area contributed by atoms with Crippen LogP contribution in [0.15, 0.2) is 0 Å². The van der Waals surface area contributed by atoms with E-state index in [1.54, 1.807) is 0 Å².